The van der Waals surface area contributed by atoms with Gasteiger partial charge in [-0.15, -0.1) is 0 Å². The summed E-state index contributed by atoms with van der Waals surface area (Å²) in [5.74, 6) is 0.866. The number of nitrogens with zero attached hydrogens (tertiary/aromatic N) is 3. The lowest BCUT2D eigenvalue weighted by Crippen LogP contribution is -2.61. The number of hydrogen-bond donors (Lipinski definition) is 0. The number of para-hydroxylation sites is 2. The molecule has 0 unspecified atom stereocenters. The van der Waals surface area contributed by atoms with Crippen molar-refractivity contribution in [2.24, 2.45) is 0 Å². The molecule has 0 atom stereocenters. The van der Waals surface area contributed by atoms with E-state index in [1.807, 2.05) is 0 Å². The lowest BCUT2D eigenvalue weighted by atomic mass is 9.35. The summed E-state index contributed by atoms with van der Waals surface area (Å²) in [6.45, 7) is 13.5. The third-order valence-electron chi connectivity index (χ3n) is 13.2. The lowest BCUT2D eigenvalue weighted by Gasteiger charge is -2.43. The minimum absolute atomic E-state index is 0.0100. The topological polar surface area (TPSA) is 22.9 Å². The van der Waals surface area contributed by atoms with E-state index in [1.165, 1.54) is 22.1 Å². The van der Waals surface area contributed by atoms with Gasteiger partial charge in [-0.2, -0.15) is 0 Å². The summed E-state index contributed by atoms with van der Waals surface area (Å²) >= 11 is 0. The van der Waals surface area contributed by atoms with Gasteiger partial charge in [-0.25, -0.2) is 0 Å². The Bertz CT molecular complexity index is 3110. The molecule has 5 heteroatoms. The van der Waals surface area contributed by atoms with Gasteiger partial charge in [0.1, 0.15) is 5.76 Å². The molecule has 0 amide bonds. The van der Waals surface area contributed by atoms with E-state index in [0.717, 1.165) is 79.3 Å². The van der Waals surface area contributed by atoms with E-state index in [4.69, 9.17) is 4.42 Å². The molecule has 316 valence electrons. The van der Waals surface area contributed by atoms with E-state index in [2.05, 4.69) is 262 Å². The molecular formula is C60H52BN3O. The molecule has 2 aliphatic heterocycles. The van der Waals surface area contributed by atoms with E-state index in [1.54, 1.807) is 0 Å². The predicted octanol–water partition coefficient (Wildman–Crippen LogP) is 14.8. The largest absolute Gasteiger partial charge is 0.467 e. The number of hydrogen-bond acceptors (Lipinski definition) is 4. The molecule has 3 heterocycles. The van der Waals surface area contributed by atoms with Crippen LogP contribution in [0.25, 0.3) is 22.5 Å². The van der Waals surface area contributed by atoms with Crippen LogP contribution in [0.1, 0.15) is 52.7 Å². The summed E-state index contributed by atoms with van der Waals surface area (Å²) in [4.78, 5) is 7.32. The molecule has 0 saturated heterocycles. The minimum Gasteiger partial charge on any atom is -0.467 e. The Kier molecular flexibility index (Phi) is 9.69. The fraction of sp³-hybridized carbons (Fsp3) is 0.133. The fourth-order valence-electron chi connectivity index (χ4n) is 9.91. The molecule has 0 bridgehead atoms. The number of rotatable bonds is 7. The van der Waals surface area contributed by atoms with Crippen molar-refractivity contribution in [2.45, 2.75) is 52.4 Å². The average molecular weight is 842 g/mol. The molecule has 0 spiro atoms. The highest BCUT2D eigenvalue weighted by molar-refractivity contribution is 6.99. The first kappa shape index (κ1) is 40.3. The van der Waals surface area contributed by atoms with Crippen LogP contribution in [0.3, 0.4) is 0 Å². The lowest BCUT2D eigenvalue weighted by molar-refractivity contribution is 0.590. The van der Waals surface area contributed by atoms with Gasteiger partial charge in [0.2, 0.25) is 0 Å². The normalized spacial score (nSPS) is 13.0. The summed E-state index contributed by atoms with van der Waals surface area (Å²) in [7, 11) is 0. The van der Waals surface area contributed by atoms with Gasteiger partial charge < -0.3 is 19.1 Å². The fourth-order valence-corrected chi connectivity index (χ4v) is 9.91. The van der Waals surface area contributed by atoms with Gasteiger partial charge in [0.05, 0.1) is 16.9 Å². The second kappa shape index (κ2) is 15.6. The third kappa shape index (κ3) is 6.94. The number of anilines is 9. The van der Waals surface area contributed by atoms with Gasteiger partial charge in [0, 0.05) is 51.1 Å². The van der Waals surface area contributed by atoms with Crippen LogP contribution in [0.4, 0.5) is 51.2 Å². The summed E-state index contributed by atoms with van der Waals surface area (Å²) in [6, 6.07) is 75.0. The SMILES string of the molecule is CC(C)(C)c1ccc(N2c3cc(N(c4ccccc4)c4ccccc4)ccc3B3c4oc(-c5ccccc5)c(-c5ccccc5)c4N(c4ccc(C(C)(C)C)cc4)c4cccc2c43)cc1. The first-order valence-electron chi connectivity index (χ1n) is 22.8. The number of fused-ring (bicyclic) bond motifs is 4. The van der Waals surface area contributed by atoms with Crippen LogP contribution in [0.15, 0.2) is 211 Å². The summed E-state index contributed by atoms with van der Waals surface area (Å²) in [5.41, 5.74) is 19.1. The molecule has 11 rings (SSSR count). The van der Waals surface area contributed by atoms with Crippen LogP contribution in [0.5, 0.6) is 0 Å². The van der Waals surface area contributed by atoms with Gasteiger partial charge in [-0.3, -0.25) is 0 Å². The van der Waals surface area contributed by atoms with Crippen LogP contribution < -0.4 is 31.3 Å². The Hall–Kier alpha value is -7.50. The van der Waals surface area contributed by atoms with Gasteiger partial charge >= 0.3 is 0 Å². The van der Waals surface area contributed by atoms with Crippen molar-refractivity contribution in [3.05, 3.63) is 217 Å². The Morgan fingerprint density at radius 1 is 0.431 bits per heavy atom. The van der Waals surface area contributed by atoms with E-state index in [9.17, 15) is 0 Å². The zero-order valence-corrected chi connectivity index (χ0v) is 38.0. The van der Waals surface area contributed by atoms with E-state index < -0.39 is 0 Å². The maximum atomic E-state index is 7.55. The Morgan fingerprint density at radius 3 is 1.43 bits per heavy atom. The second-order valence-corrected chi connectivity index (χ2v) is 19.4. The number of benzene rings is 8. The minimum atomic E-state index is -0.211. The van der Waals surface area contributed by atoms with Gasteiger partial charge in [0.15, 0.2) is 0 Å². The zero-order chi connectivity index (χ0) is 44.5. The zero-order valence-electron chi connectivity index (χ0n) is 38.0. The highest BCUT2D eigenvalue weighted by atomic mass is 16.3. The molecule has 0 aliphatic carbocycles. The van der Waals surface area contributed by atoms with Crippen LogP contribution in [0.2, 0.25) is 0 Å². The van der Waals surface area contributed by atoms with Crippen LogP contribution in [0, 0.1) is 0 Å². The highest BCUT2D eigenvalue weighted by Crippen LogP contribution is 2.51. The molecule has 65 heavy (non-hydrogen) atoms. The van der Waals surface area contributed by atoms with Gasteiger partial charge in [-0.1, -0.05) is 175 Å². The Balaban J connectivity index is 1.22. The molecule has 0 N–H and O–H groups in total. The number of furan rings is 1. The summed E-state index contributed by atoms with van der Waals surface area (Å²) in [6.07, 6.45) is 0. The molecule has 1 aromatic heterocycles. The quantitative estimate of drug-likeness (QED) is 0.149. The summed E-state index contributed by atoms with van der Waals surface area (Å²) in [5, 5.41) is 0. The maximum absolute atomic E-state index is 7.55. The van der Waals surface area contributed by atoms with Crippen molar-refractivity contribution in [3.63, 3.8) is 0 Å². The Morgan fingerprint density at radius 2 is 0.908 bits per heavy atom. The van der Waals surface area contributed by atoms with Crippen LogP contribution in [-0.4, -0.2) is 6.71 Å². The van der Waals surface area contributed by atoms with Crippen molar-refractivity contribution in [3.8, 4) is 22.5 Å². The van der Waals surface area contributed by atoms with Crippen LogP contribution >= 0.6 is 0 Å². The third-order valence-corrected chi connectivity index (χ3v) is 13.2. The van der Waals surface area contributed by atoms with Crippen molar-refractivity contribution in [1.82, 2.24) is 0 Å². The molecule has 0 saturated carbocycles. The molecule has 0 fully saturated rings. The van der Waals surface area contributed by atoms with Crippen LogP contribution in [-0.2, 0) is 10.8 Å². The van der Waals surface area contributed by atoms with E-state index >= 15 is 0 Å². The molecule has 2 aliphatic rings. The van der Waals surface area contributed by atoms with Crippen molar-refractivity contribution in [1.29, 1.82) is 0 Å². The average Bonchev–Trinajstić information content (AvgIpc) is 3.73. The van der Waals surface area contributed by atoms with Gasteiger partial charge in [-0.05, 0) is 111 Å². The maximum Gasteiger partial charge on any atom is 0.297 e. The molecule has 9 aromatic rings. The smallest absolute Gasteiger partial charge is 0.297 e. The second-order valence-electron chi connectivity index (χ2n) is 19.4. The van der Waals surface area contributed by atoms with Crippen molar-refractivity contribution >= 4 is 74.5 Å². The Labute approximate surface area is 384 Å². The predicted molar refractivity (Wildman–Crippen MR) is 276 cm³/mol. The molecule has 8 aromatic carbocycles. The van der Waals surface area contributed by atoms with Crippen molar-refractivity contribution < 1.29 is 4.42 Å². The van der Waals surface area contributed by atoms with E-state index in [-0.39, 0.29) is 17.5 Å². The van der Waals surface area contributed by atoms with Gasteiger partial charge in [0.25, 0.3) is 6.71 Å². The first-order valence-corrected chi connectivity index (χ1v) is 22.8. The first-order chi connectivity index (χ1) is 31.5. The van der Waals surface area contributed by atoms with Crippen molar-refractivity contribution in [2.75, 3.05) is 14.7 Å². The standard InChI is InChI=1S/C60H52BN3O/c1-59(2,3)43-30-34-47(35-31-43)63-51-28-19-29-52-55(51)61(50-39-38-49(40-53(50)63)62(45-24-15-9-16-25-45)46-26-17-10-18-27-46)58-56(64(52)48-36-32-44(33-37-48)60(4,5)6)54(41-20-11-7-12-21-41)57(65-58)42-22-13-8-14-23-42/h7-40H,1-6H3. The molecule has 4 nitrogen and oxygen atoms in total. The monoisotopic (exact) mass is 841 g/mol. The molecule has 0 radical (unpaired) electrons. The highest BCUT2D eigenvalue weighted by Gasteiger charge is 2.48. The summed E-state index contributed by atoms with van der Waals surface area (Å²) < 4.78 is 7.55. The van der Waals surface area contributed by atoms with E-state index in [0.29, 0.717) is 0 Å². The molecular weight excluding hydrogens is 789 g/mol.